The smallest absolute Gasteiger partial charge is 0.243 e. The summed E-state index contributed by atoms with van der Waals surface area (Å²) in [6.45, 7) is 5.68. The number of amides is 1. The highest BCUT2D eigenvalue weighted by Crippen LogP contribution is 2.18. The topological polar surface area (TPSA) is 66.5 Å². The molecule has 1 aromatic carbocycles. The van der Waals surface area contributed by atoms with Crippen molar-refractivity contribution in [3.05, 3.63) is 29.3 Å². The quantitative estimate of drug-likeness (QED) is 0.786. The van der Waals surface area contributed by atoms with E-state index in [0.29, 0.717) is 5.02 Å². The second-order valence-corrected chi connectivity index (χ2v) is 7.52. The first-order valence-corrected chi connectivity index (χ1v) is 9.18. The van der Waals surface area contributed by atoms with Crippen molar-refractivity contribution in [1.82, 2.24) is 9.62 Å². The van der Waals surface area contributed by atoms with Crippen molar-refractivity contribution in [2.24, 2.45) is 0 Å². The molecule has 0 radical (unpaired) electrons. The zero-order valence-electron chi connectivity index (χ0n) is 13.2. The van der Waals surface area contributed by atoms with Crippen molar-refractivity contribution in [2.75, 3.05) is 13.1 Å². The maximum atomic E-state index is 12.5. The highest BCUT2D eigenvalue weighted by Gasteiger charge is 2.25. The summed E-state index contributed by atoms with van der Waals surface area (Å²) in [6, 6.07) is 5.96. The molecule has 7 heteroatoms. The van der Waals surface area contributed by atoms with E-state index in [0.717, 1.165) is 17.1 Å². The summed E-state index contributed by atoms with van der Waals surface area (Å²) >= 11 is 5.77. The number of benzene rings is 1. The van der Waals surface area contributed by atoms with Gasteiger partial charge in [-0.25, -0.2) is 8.42 Å². The molecule has 0 heterocycles. The molecule has 1 N–H and O–H groups in total. The standard InChI is InChI=1S/C15H23ClN2O3S/c1-4-6-12(3)17-15(19)11-18(5-2)22(20,21)14-9-7-13(16)8-10-14/h7-10,12H,4-6,11H2,1-3H3,(H,17,19)/t12-/m0/s1. The van der Waals surface area contributed by atoms with Crippen LogP contribution in [0.4, 0.5) is 0 Å². The van der Waals surface area contributed by atoms with E-state index in [4.69, 9.17) is 11.6 Å². The van der Waals surface area contributed by atoms with Gasteiger partial charge in [0.25, 0.3) is 0 Å². The first kappa shape index (κ1) is 18.9. The van der Waals surface area contributed by atoms with Crippen molar-refractivity contribution in [3.8, 4) is 0 Å². The molecule has 0 bridgehead atoms. The first-order valence-electron chi connectivity index (χ1n) is 7.36. The third-order valence-corrected chi connectivity index (χ3v) is 5.44. The predicted molar refractivity (Wildman–Crippen MR) is 88.4 cm³/mol. The molecule has 0 spiro atoms. The zero-order chi connectivity index (χ0) is 16.8. The van der Waals surface area contributed by atoms with Crippen LogP contribution in [0.3, 0.4) is 0 Å². The van der Waals surface area contributed by atoms with Gasteiger partial charge in [-0.15, -0.1) is 0 Å². The molecule has 0 saturated carbocycles. The Morgan fingerprint density at radius 3 is 2.36 bits per heavy atom. The SMILES string of the molecule is CCC[C@H](C)NC(=O)CN(CC)S(=O)(=O)c1ccc(Cl)cc1. The van der Waals surface area contributed by atoms with E-state index in [1.807, 2.05) is 13.8 Å². The van der Waals surface area contributed by atoms with Crippen molar-refractivity contribution in [2.45, 2.75) is 44.6 Å². The Labute approximate surface area is 137 Å². The van der Waals surface area contributed by atoms with Gasteiger partial charge in [-0.05, 0) is 37.6 Å². The van der Waals surface area contributed by atoms with Crippen molar-refractivity contribution < 1.29 is 13.2 Å². The molecule has 22 heavy (non-hydrogen) atoms. The Morgan fingerprint density at radius 2 is 1.86 bits per heavy atom. The highest BCUT2D eigenvalue weighted by atomic mass is 35.5. The maximum absolute atomic E-state index is 12.5. The minimum atomic E-state index is -3.70. The van der Waals surface area contributed by atoms with Gasteiger partial charge in [0, 0.05) is 17.6 Å². The Hall–Kier alpha value is -1.11. The molecule has 1 amide bonds. The molecule has 0 aromatic heterocycles. The normalized spacial score (nSPS) is 13.1. The molecular formula is C15H23ClN2O3S. The molecule has 1 rings (SSSR count). The van der Waals surface area contributed by atoms with Crippen LogP contribution in [-0.2, 0) is 14.8 Å². The van der Waals surface area contributed by atoms with Crippen LogP contribution in [0.2, 0.25) is 5.02 Å². The fourth-order valence-electron chi connectivity index (χ4n) is 2.11. The van der Waals surface area contributed by atoms with Gasteiger partial charge in [0.15, 0.2) is 0 Å². The Morgan fingerprint density at radius 1 is 1.27 bits per heavy atom. The van der Waals surface area contributed by atoms with Crippen molar-refractivity contribution in [3.63, 3.8) is 0 Å². The van der Waals surface area contributed by atoms with Gasteiger partial charge in [-0.2, -0.15) is 4.31 Å². The predicted octanol–water partition coefficient (Wildman–Crippen LogP) is 2.66. The molecule has 5 nitrogen and oxygen atoms in total. The van der Waals surface area contributed by atoms with E-state index in [9.17, 15) is 13.2 Å². The number of nitrogens with zero attached hydrogens (tertiary/aromatic N) is 1. The third-order valence-electron chi connectivity index (χ3n) is 3.25. The summed E-state index contributed by atoms with van der Waals surface area (Å²) in [7, 11) is -3.70. The number of hydrogen-bond donors (Lipinski definition) is 1. The first-order chi connectivity index (χ1) is 10.3. The van der Waals surface area contributed by atoms with Crippen LogP contribution >= 0.6 is 11.6 Å². The molecule has 1 atom stereocenters. The molecule has 0 saturated heterocycles. The number of nitrogens with one attached hydrogen (secondary N) is 1. The molecular weight excluding hydrogens is 324 g/mol. The van der Waals surface area contributed by atoms with Crippen LogP contribution in [0.5, 0.6) is 0 Å². The third kappa shape index (κ3) is 5.26. The van der Waals surface area contributed by atoms with Gasteiger partial charge in [0.2, 0.25) is 15.9 Å². The van der Waals surface area contributed by atoms with Gasteiger partial charge >= 0.3 is 0 Å². The lowest BCUT2D eigenvalue weighted by Gasteiger charge is -2.21. The maximum Gasteiger partial charge on any atom is 0.243 e. The molecule has 0 aliphatic rings. The molecule has 0 unspecified atom stereocenters. The average molecular weight is 347 g/mol. The van der Waals surface area contributed by atoms with Crippen molar-refractivity contribution >= 4 is 27.5 Å². The average Bonchev–Trinajstić information content (AvgIpc) is 2.45. The van der Waals surface area contributed by atoms with Crippen LogP contribution in [0.15, 0.2) is 29.2 Å². The zero-order valence-corrected chi connectivity index (χ0v) is 14.7. The lowest BCUT2D eigenvalue weighted by Crippen LogP contribution is -2.43. The van der Waals surface area contributed by atoms with Crippen LogP contribution < -0.4 is 5.32 Å². The number of carbonyl (C=O) groups is 1. The monoisotopic (exact) mass is 346 g/mol. The van der Waals surface area contributed by atoms with Crippen LogP contribution in [0.1, 0.15) is 33.6 Å². The number of carbonyl (C=O) groups excluding carboxylic acids is 1. The second kappa shape index (κ2) is 8.50. The van der Waals surface area contributed by atoms with E-state index in [-0.39, 0.29) is 29.9 Å². The number of likely N-dealkylation sites (N-methyl/N-ethyl adjacent to an activating group) is 1. The summed E-state index contributed by atoms with van der Waals surface area (Å²) in [5.41, 5.74) is 0. The minimum Gasteiger partial charge on any atom is -0.353 e. The Balaban J connectivity index is 2.82. The second-order valence-electron chi connectivity index (χ2n) is 5.14. The van der Waals surface area contributed by atoms with Gasteiger partial charge in [0.1, 0.15) is 0 Å². The van der Waals surface area contributed by atoms with Gasteiger partial charge in [-0.1, -0.05) is 31.9 Å². The van der Waals surface area contributed by atoms with Crippen LogP contribution in [-0.4, -0.2) is 37.8 Å². The van der Waals surface area contributed by atoms with E-state index in [1.165, 1.54) is 24.3 Å². The summed E-state index contributed by atoms with van der Waals surface area (Å²) in [4.78, 5) is 12.1. The largest absolute Gasteiger partial charge is 0.353 e. The van der Waals surface area contributed by atoms with Crippen LogP contribution in [0, 0.1) is 0 Å². The molecule has 0 aliphatic carbocycles. The summed E-state index contributed by atoms with van der Waals surface area (Å²) in [5.74, 6) is -0.291. The molecule has 124 valence electrons. The van der Waals surface area contributed by atoms with E-state index in [1.54, 1.807) is 6.92 Å². The van der Waals surface area contributed by atoms with Gasteiger partial charge < -0.3 is 5.32 Å². The van der Waals surface area contributed by atoms with Crippen molar-refractivity contribution in [1.29, 1.82) is 0 Å². The van der Waals surface area contributed by atoms with Gasteiger partial charge in [0.05, 0.1) is 11.4 Å². The highest BCUT2D eigenvalue weighted by molar-refractivity contribution is 7.89. The molecule has 0 fully saturated rings. The molecule has 0 aliphatic heterocycles. The van der Waals surface area contributed by atoms with E-state index < -0.39 is 10.0 Å². The summed E-state index contributed by atoms with van der Waals surface area (Å²) < 4.78 is 26.2. The summed E-state index contributed by atoms with van der Waals surface area (Å²) in [5, 5.41) is 3.28. The fourth-order valence-corrected chi connectivity index (χ4v) is 3.64. The Kier molecular flexibility index (Phi) is 7.32. The Bertz CT molecular complexity index is 587. The lowest BCUT2D eigenvalue weighted by atomic mass is 10.2. The van der Waals surface area contributed by atoms with Gasteiger partial charge in [-0.3, -0.25) is 4.79 Å². The minimum absolute atomic E-state index is 0.0365. The number of rotatable bonds is 8. The van der Waals surface area contributed by atoms with E-state index in [2.05, 4.69) is 5.32 Å². The summed E-state index contributed by atoms with van der Waals surface area (Å²) in [6.07, 6.45) is 1.82. The fraction of sp³-hybridized carbons (Fsp3) is 0.533. The number of halogens is 1. The van der Waals surface area contributed by atoms with Crippen LogP contribution in [0.25, 0.3) is 0 Å². The number of sulfonamides is 1. The molecule has 1 aromatic rings. The lowest BCUT2D eigenvalue weighted by molar-refractivity contribution is -0.121. The van der Waals surface area contributed by atoms with E-state index >= 15 is 0 Å². The number of hydrogen-bond acceptors (Lipinski definition) is 3.